The largest absolute Gasteiger partial charge is 0.489 e. The molecule has 4 nitrogen and oxygen atoms in total. The van der Waals surface area contributed by atoms with E-state index in [-0.39, 0.29) is 0 Å². The first kappa shape index (κ1) is 14.1. The van der Waals surface area contributed by atoms with Crippen molar-refractivity contribution in [2.75, 3.05) is 7.05 Å². The summed E-state index contributed by atoms with van der Waals surface area (Å²) < 4.78 is 5.65. The monoisotopic (exact) mass is 271 g/mol. The number of hydrogen-bond donors (Lipinski definition) is 2. The van der Waals surface area contributed by atoms with E-state index in [0.717, 1.165) is 11.3 Å². The third-order valence-electron chi connectivity index (χ3n) is 3.00. The minimum atomic E-state index is -0.898. The van der Waals surface area contributed by atoms with Crippen molar-refractivity contribution in [2.45, 2.75) is 12.6 Å². The molecule has 0 saturated carbocycles. The second kappa shape index (κ2) is 6.73. The number of rotatable bonds is 6. The fraction of sp³-hybridized carbons (Fsp3) is 0.188. The van der Waals surface area contributed by atoms with Gasteiger partial charge in [-0.2, -0.15) is 0 Å². The molecule has 0 radical (unpaired) electrons. The van der Waals surface area contributed by atoms with Crippen molar-refractivity contribution in [2.24, 2.45) is 0 Å². The van der Waals surface area contributed by atoms with E-state index in [9.17, 15) is 4.79 Å². The first-order valence-electron chi connectivity index (χ1n) is 6.37. The first-order valence-corrected chi connectivity index (χ1v) is 6.37. The average molecular weight is 271 g/mol. The van der Waals surface area contributed by atoms with Crippen LogP contribution in [0.2, 0.25) is 0 Å². The summed E-state index contributed by atoms with van der Waals surface area (Å²) in [5.41, 5.74) is 1.79. The van der Waals surface area contributed by atoms with Gasteiger partial charge in [0, 0.05) is 0 Å². The lowest BCUT2D eigenvalue weighted by molar-refractivity contribution is -0.139. The number of ether oxygens (including phenoxy) is 1. The number of carboxylic acid groups (broad SMARTS) is 1. The van der Waals surface area contributed by atoms with E-state index < -0.39 is 12.0 Å². The summed E-state index contributed by atoms with van der Waals surface area (Å²) in [7, 11) is 1.62. The zero-order chi connectivity index (χ0) is 14.4. The molecule has 4 heteroatoms. The number of aliphatic carboxylic acids is 1. The van der Waals surface area contributed by atoms with Gasteiger partial charge in [-0.25, -0.2) is 0 Å². The number of nitrogens with one attached hydrogen (secondary N) is 1. The van der Waals surface area contributed by atoms with E-state index in [0.29, 0.717) is 12.2 Å². The predicted molar refractivity (Wildman–Crippen MR) is 76.7 cm³/mol. The molecule has 0 amide bonds. The van der Waals surface area contributed by atoms with Crippen molar-refractivity contribution in [1.82, 2.24) is 5.32 Å². The Labute approximate surface area is 118 Å². The second-order valence-electron chi connectivity index (χ2n) is 4.40. The van der Waals surface area contributed by atoms with Crippen LogP contribution in [0.5, 0.6) is 5.75 Å². The fourth-order valence-electron chi connectivity index (χ4n) is 1.93. The van der Waals surface area contributed by atoms with E-state index in [1.807, 2.05) is 30.3 Å². The van der Waals surface area contributed by atoms with Crippen LogP contribution < -0.4 is 10.1 Å². The molecule has 0 fully saturated rings. The SMILES string of the molecule is CN[C@@H](C(=O)O)c1ccc(OCc2ccccc2)cc1. The van der Waals surface area contributed by atoms with E-state index >= 15 is 0 Å². The summed E-state index contributed by atoms with van der Waals surface area (Å²) >= 11 is 0. The Balaban J connectivity index is 2.00. The molecule has 2 aromatic carbocycles. The maximum atomic E-state index is 11.0. The molecule has 20 heavy (non-hydrogen) atoms. The van der Waals surface area contributed by atoms with Gasteiger partial charge in [-0.05, 0) is 30.3 Å². The van der Waals surface area contributed by atoms with Crippen LogP contribution in [0.25, 0.3) is 0 Å². The Morgan fingerprint density at radius 3 is 2.35 bits per heavy atom. The summed E-state index contributed by atoms with van der Waals surface area (Å²) in [4.78, 5) is 11.0. The molecule has 0 aliphatic heterocycles. The lowest BCUT2D eigenvalue weighted by Crippen LogP contribution is -2.24. The van der Waals surface area contributed by atoms with Gasteiger partial charge in [0.05, 0.1) is 0 Å². The summed E-state index contributed by atoms with van der Waals surface area (Å²) in [6.45, 7) is 0.495. The lowest BCUT2D eigenvalue weighted by atomic mass is 10.1. The average Bonchev–Trinajstić information content (AvgIpc) is 2.48. The predicted octanol–water partition coefficient (Wildman–Crippen LogP) is 2.61. The van der Waals surface area contributed by atoms with Crippen LogP contribution in [0.4, 0.5) is 0 Å². The topological polar surface area (TPSA) is 58.6 Å². The third kappa shape index (κ3) is 3.59. The van der Waals surface area contributed by atoms with Gasteiger partial charge >= 0.3 is 5.97 Å². The van der Waals surface area contributed by atoms with E-state index in [1.54, 1.807) is 31.3 Å². The number of benzene rings is 2. The first-order chi connectivity index (χ1) is 9.70. The van der Waals surface area contributed by atoms with Gasteiger partial charge in [0.1, 0.15) is 18.4 Å². The van der Waals surface area contributed by atoms with Gasteiger partial charge in [-0.15, -0.1) is 0 Å². The highest BCUT2D eigenvalue weighted by Crippen LogP contribution is 2.18. The van der Waals surface area contributed by atoms with Crippen molar-refractivity contribution >= 4 is 5.97 Å². The highest BCUT2D eigenvalue weighted by atomic mass is 16.5. The molecular weight excluding hydrogens is 254 g/mol. The van der Waals surface area contributed by atoms with E-state index in [4.69, 9.17) is 9.84 Å². The number of likely N-dealkylation sites (N-methyl/N-ethyl adjacent to an activating group) is 1. The van der Waals surface area contributed by atoms with Gasteiger partial charge in [-0.3, -0.25) is 4.79 Å². The molecule has 0 aliphatic carbocycles. The third-order valence-corrected chi connectivity index (χ3v) is 3.00. The molecule has 0 unspecified atom stereocenters. The molecule has 0 heterocycles. The molecule has 0 bridgehead atoms. The van der Waals surface area contributed by atoms with Crippen LogP contribution in [0.3, 0.4) is 0 Å². The van der Waals surface area contributed by atoms with Crippen LogP contribution in [0.15, 0.2) is 54.6 Å². The standard InChI is InChI=1S/C16H17NO3/c1-17-15(16(18)19)13-7-9-14(10-8-13)20-11-12-5-3-2-4-6-12/h2-10,15,17H,11H2,1H3,(H,18,19)/t15-/m1/s1. The molecule has 0 aliphatic rings. The number of hydrogen-bond acceptors (Lipinski definition) is 3. The van der Waals surface area contributed by atoms with Gasteiger partial charge in [0.25, 0.3) is 0 Å². The van der Waals surface area contributed by atoms with Crippen LogP contribution in [-0.2, 0) is 11.4 Å². The second-order valence-corrected chi connectivity index (χ2v) is 4.40. The molecule has 2 aromatic rings. The van der Waals surface area contributed by atoms with Crippen molar-refractivity contribution in [3.8, 4) is 5.75 Å². The Morgan fingerprint density at radius 2 is 1.80 bits per heavy atom. The molecular formula is C16H17NO3. The molecule has 0 aromatic heterocycles. The highest BCUT2D eigenvalue weighted by Gasteiger charge is 2.16. The molecule has 0 saturated heterocycles. The zero-order valence-electron chi connectivity index (χ0n) is 11.2. The Bertz CT molecular complexity index is 552. The maximum Gasteiger partial charge on any atom is 0.325 e. The van der Waals surface area contributed by atoms with E-state index in [2.05, 4.69) is 5.32 Å². The summed E-state index contributed by atoms with van der Waals surface area (Å²) in [6, 6.07) is 16.3. The van der Waals surface area contributed by atoms with Crippen LogP contribution in [-0.4, -0.2) is 18.1 Å². The van der Waals surface area contributed by atoms with Crippen molar-refractivity contribution < 1.29 is 14.6 Å². The quantitative estimate of drug-likeness (QED) is 0.848. The minimum absolute atomic E-state index is 0.495. The molecule has 2 rings (SSSR count). The smallest absolute Gasteiger partial charge is 0.325 e. The van der Waals surface area contributed by atoms with Crippen LogP contribution in [0.1, 0.15) is 17.2 Å². The van der Waals surface area contributed by atoms with E-state index in [1.165, 1.54) is 0 Å². The maximum absolute atomic E-state index is 11.0. The Morgan fingerprint density at radius 1 is 1.15 bits per heavy atom. The van der Waals surface area contributed by atoms with Crippen LogP contribution in [0, 0.1) is 0 Å². The Hall–Kier alpha value is -2.33. The van der Waals surface area contributed by atoms with Gasteiger partial charge in [0.2, 0.25) is 0 Å². The van der Waals surface area contributed by atoms with Gasteiger partial charge in [-0.1, -0.05) is 42.5 Å². The summed E-state index contributed by atoms with van der Waals surface area (Å²) in [6.07, 6.45) is 0. The zero-order valence-corrected chi connectivity index (χ0v) is 11.2. The number of carboxylic acids is 1. The fourth-order valence-corrected chi connectivity index (χ4v) is 1.93. The molecule has 2 N–H and O–H groups in total. The highest BCUT2D eigenvalue weighted by molar-refractivity contribution is 5.75. The minimum Gasteiger partial charge on any atom is -0.489 e. The lowest BCUT2D eigenvalue weighted by Gasteiger charge is -2.12. The van der Waals surface area contributed by atoms with Crippen molar-refractivity contribution in [3.63, 3.8) is 0 Å². The van der Waals surface area contributed by atoms with Gasteiger partial charge in [0.15, 0.2) is 0 Å². The molecule has 1 atom stereocenters. The van der Waals surface area contributed by atoms with Crippen molar-refractivity contribution in [1.29, 1.82) is 0 Å². The van der Waals surface area contributed by atoms with Crippen LogP contribution >= 0.6 is 0 Å². The molecule has 104 valence electrons. The summed E-state index contributed by atoms with van der Waals surface area (Å²) in [5.74, 6) is -0.178. The number of carbonyl (C=O) groups is 1. The van der Waals surface area contributed by atoms with Gasteiger partial charge < -0.3 is 15.2 Å². The van der Waals surface area contributed by atoms with Crippen molar-refractivity contribution in [3.05, 3.63) is 65.7 Å². The normalized spacial score (nSPS) is 11.8. The molecule has 0 spiro atoms. The summed E-state index contributed by atoms with van der Waals surface area (Å²) in [5, 5.41) is 11.8. The Kier molecular flexibility index (Phi) is 4.74.